The van der Waals surface area contributed by atoms with Crippen LogP contribution in [0.2, 0.25) is 0 Å². The van der Waals surface area contributed by atoms with Crippen molar-refractivity contribution in [2.45, 2.75) is 17.2 Å². The molecule has 100 valence electrons. The number of benzene rings is 1. The van der Waals surface area contributed by atoms with Crippen molar-refractivity contribution in [3.05, 3.63) is 30.3 Å². The van der Waals surface area contributed by atoms with Crippen LogP contribution in [0.25, 0.3) is 0 Å². The third-order valence-electron chi connectivity index (χ3n) is 1.66. The molecule has 2 nitrogen and oxygen atoms in total. The summed E-state index contributed by atoms with van der Waals surface area (Å²) < 4.78 is 86.1. The van der Waals surface area contributed by atoms with Crippen molar-refractivity contribution >= 4 is 16.7 Å². The van der Waals surface area contributed by atoms with E-state index in [9.17, 15) is 30.6 Å². The van der Waals surface area contributed by atoms with Crippen LogP contribution in [-0.4, -0.2) is 22.3 Å². The monoisotopic (exact) mass is 289 g/mol. The Labute approximate surface area is 99.9 Å². The van der Waals surface area contributed by atoms with Crippen molar-refractivity contribution in [3.8, 4) is 0 Å². The molecule has 0 aliphatic rings. The lowest BCUT2D eigenvalue weighted by molar-refractivity contribution is -0.117. The molecule has 1 aromatic rings. The molecule has 0 aliphatic heterocycles. The summed E-state index contributed by atoms with van der Waals surface area (Å²) in [5.74, 6) is 0. The normalized spacial score (nSPS) is 14.1. The van der Waals surface area contributed by atoms with Gasteiger partial charge in [0.1, 0.15) is 0 Å². The molecule has 0 radical (unpaired) electrons. The Morgan fingerprint density at radius 3 is 1.78 bits per heavy atom. The number of hydrogen-bond acceptors (Lipinski definition) is 1. The minimum Gasteiger partial charge on any atom is -0.229 e. The van der Waals surface area contributed by atoms with Gasteiger partial charge in [-0.05, 0) is 12.1 Å². The maximum absolute atomic E-state index is 12.1. The Morgan fingerprint density at radius 1 is 0.944 bits per heavy atom. The van der Waals surface area contributed by atoms with E-state index in [1.54, 1.807) is 0 Å². The van der Waals surface area contributed by atoms with Crippen LogP contribution < -0.4 is 0 Å². The SMILES string of the molecule is O=S(N=C(C(F)(F)F)C(F)(F)F)c1ccccc1. The molecule has 0 saturated carbocycles. The number of nitrogens with zero attached hydrogens (tertiary/aromatic N) is 1. The van der Waals surface area contributed by atoms with Gasteiger partial charge in [-0.15, -0.1) is 0 Å². The number of rotatable bonds is 2. The predicted octanol–water partition coefficient (Wildman–Crippen LogP) is 3.27. The first-order valence-corrected chi connectivity index (χ1v) is 5.43. The van der Waals surface area contributed by atoms with Crippen LogP contribution in [0.3, 0.4) is 0 Å². The molecule has 1 aromatic carbocycles. The summed E-state index contributed by atoms with van der Waals surface area (Å²) in [6.45, 7) is 0. The molecular weight excluding hydrogens is 284 g/mol. The van der Waals surface area contributed by atoms with Gasteiger partial charge in [-0.3, -0.25) is 0 Å². The number of hydrogen-bond donors (Lipinski definition) is 0. The predicted molar refractivity (Wildman–Crippen MR) is 52.4 cm³/mol. The van der Waals surface area contributed by atoms with Crippen molar-refractivity contribution in [1.29, 1.82) is 0 Å². The minimum absolute atomic E-state index is 0.247. The van der Waals surface area contributed by atoms with E-state index in [2.05, 4.69) is 4.40 Å². The Balaban J connectivity index is 3.16. The second-order valence-electron chi connectivity index (χ2n) is 3.00. The molecule has 0 aromatic heterocycles. The highest BCUT2D eigenvalue weighted by atomic mass is 32.2. The molecule has 0 amide bonds. The molecule has 0 saturated heterocycles. The van der Waals surface area contributed by atoms with E-state index in [1.165, 1.54) is 18.2 Å². The first kappa shape index (κ1) is 14.7. The van der Waals surface area contributed by atoms with Gasteiger partial charge in [0, 0.05) is 0 Å². The summed E-state index contributed by atoms with van der Waals surface area (Å²) >= 11 is 0. The van der Waals surface area contributed by atoms with E-state index in [0.29, 0.717) is 0 Å². The van der Waals surface area contributed by atoms with Crippen LogP contribution in [0, 0.1) is 0 Å². The lowest BCUT2D eigenvalue weighted by Gasteiger charge is -2.12. The van der Waals surface area contributed by atoms with E-state index in [4.69, 9.17) is 0 Å². The van der Waals surface area contributed by atoms with Gasteiger partial charge in [-0.25, -0.2) is 4.21 Å². The Bertz CT molecular complexity index is 448. The zero-order valence-corrected chi connectivity index (χ0v) is 9.23. The third-order valence-corrected chi connectivity index (χ3v) is 2.68. The van der Waals surface area contributed by atoms with Gasteiger partial charge in [-0.2, -0.15) is 30.7 Å². The van der Waals surface area contributed by atoms with Gasteiger partial charge < -0.3 is 0 Å². The average molecular weight is 289 g/mol. The van der Waals surface area contributed by atoms with Crippen molar-refractivity contribution in [1.82, 2.24) is 0 Å². The lowest BCUT2D eigenvalue weighted by atomic mass is 10.4. The fourth-order valence-electron chi connectivity index (χ4n) is 0.937. The van der Waals surface area contributed by atoms with Crippen LogP contribution in [0.1, 0.15) is 0 Å². The maximum atomic E-state index is 12.1. The smallest absolute Gasteiger partial charge is 0.229 e. The molecule has 18 heavy (non-hydrogen) atoms. The van der Waals surface area contributed by atoms with Gasteiger partial charge in [0.2, 0.25) is 5.71 Å². The summed E-state index contributed by atoms with van der Waals surface area (Å²) in [7, 11) is -2.76. The van der Waals surface area contributed by atoms with E-state index in [-0.39, 0.29) is 4.90 Å². The minimum atomic E-state index is -5.71. The number of alkyl halides is 6. The van der Waals surface area contributed by atoms with Crippen LogP contribution in [0.4, 0.5) is 26.3 Å². The van der Waals surface area contributed by atoms with Crippen molar-refractivity contribution in [2.75, 3.05) is 0 Å². The molecule has 9 heteroatoms. The highest BCUT2D eigenvalue weighted by Crippen LogP contribution is 2.31. The Hall–Kier alpha value is -1.38. The van der Waals surface area contributed by atoms with Gasteiger partial charge in [0.15, 0.2) is 11.0 Å². The molecule has 1 atom stereocenters. The van der Waals surface area contributed by atoms with Gasteiger partial charge in [0.05, 0.1) is 4.90 Å². The first-order valence-electron chi connectivity index (χ1n) is 4.32. The second-order valence-corrected chi connectivity index (χ2v) is 4.15. The molecule has 0 fully saturated rings. The van der Waals surface area contributed by atoms with E-state index in [1.807, 2.05) is 0 Å². The molecule has 0 aliphatic carbocycles. The fourth-order valence-corrected chi connectivity index (χ4v) is 1.80. The van der Waals surface area contributed by atoms with Gasteiger partial charge in [-0.1, -0.05) is 18.2 Å². The molecule has 0 N–H and O–H groups in total. The largest absolute Gasteiger partial charge is 0.439 e. The van der Waals surface area contributed by atoms with E-state index >= 15 is 0 Å². The van der Waals surface area contributed by atoms with Crippen molar-refractivity contribution < 1.29 is 30.6 Å². The molecule has 0 heterocycles. The summed E-state index contributed by atoms with van der Waals surface area (Å²) in [5, 5.41) is 0. The van der Waals surface area contributed by atoms with Crippen molar-refractivity contribution in [3.63, 3.8) is 0 Å². The molecular formula is C9H5F6NOS. The fraction of sp³-hybridized carbons (Fsp3) is 0.222. The second kappa shape index (κ2) is 5.09. The molecule has 1 unspecified atom stereocenters. The standard InChI is InChI=1S/C9H5F6NOS/c10-8(11,12)7(9(13,14)15)16-18(17)6-4-2-1-3-5-6/h1-5H. The van der Waals surface area contributed by atoms with Crippen LogP contribution in [0.15, 0.2) is 39.6 Å². The van der Waals surface area contributed by atoms with Gasteiger partial charge in [0.25, 0.3) is 0 Å². The average Bonchev–Trinajstić information content (AvgIpc) is 2.23. The Morgan fingerprint density at radius 2 is 1.39 bits per heavy atom. The van der Waals surface area contributed by atoms with Crippen LogP contribution in [-0.2, 0) is 11.0 Å². The molecule has 1 rings (SSSR count). The topological polar surface area (TPSA) is 29.4 Å². The maximum Gasteiger partial charge on any atom is 0.439 e. The lowest BCUT2D eigenvalue weighted by Crippen LogP contribution is -2.37. The van der Waals surface area contributed by atoms with E-state index in [0.717, 1.165) is 12.1 Å². The quantitative estimate of drug-likeness (QED) is 0.607. The molecule has 0 spiro atoms. The summed E-state index contributed by atoms with van der Waals surface area (Å²) in [5.41, 5.74) is -3.02. The number of halogens is 6. The van der Waals surface area contributed by atoms with Crippen LogP contribution >= 0.6 is 0 Å². The van der Waals surface area contributed by atoms with Crippen LogP contribution in [0.5, 0.6) is 0 Å². The highest BCUT2D eigenvalue weighted by Gasteiger charge is 2.53. The summed E-state index contributed by atoms with van der Waals surface area (Å²) in [6, 6.07) is 6.35. The van der Waals surface area contributed by atoms with Gasteiger partial charge >= 0.3 is 12.4 Å². The zero-order valence-electron chi connectivity index (χ0n) is 8.42. The molecule has 0 bridgehead atoms. The Kier molecular flexibility index (Phi) is 4.15. The zero-order chi connectivity index (χ0) is 14.0. The summed E-state index contributed by atoms with van der Waals surface area (Å²) in [4.78, 5) is -0.247. The highest BCUT2D eigenvalue weighted by molar-refractivity contribution is 7.83. The van der Waals surface area contributed by atoms with Crippen molar-refractivity contribution in [2.24, 2.45) is 4.40 Å². The summed E-state index contributed by atoms with van der Waals surface area (Å²) in [6.07, 6.45) is -11.4. The first-order chi connectivity index (χ1) is 8.12. The third kappa shape index (κ3) is 3.83. The van der Waals surface area contributed by atoms with E-state index < -0.39 is 29.0 Å².